The number of phenols is 1. The Labute approximate surface area is 167 Å². The third-order valence-corrected chi connectivity index (χ3v) is 5.36. The second-order valence-electron chi connectivity index (χ2n) is 5.86. The smallest absolute Gasteiger partial charge is 0.155 e. The summed E-state index contributed by atoms with van der Waals surface area (Å²) in [7, 11) is 0. The lowest BCUT2D eigenvalue weighted by Crippen LogP contribution is -2.00. The highest BCUT2D eigenvalue weighted by atomic mass is 79.9. The van der Waals surface area contributed by atoms with E-state index in [9.17, 15) is 5.11 Å². The number of rotatable bonds is 3. The number of aromatic nitrogens is 3. The molecule has 0 saturated carbocycles. The van der Waals surface area contributed by atoms with Crippen LogP contribution >= 0.6 is 31.9 Å². The number of aromatic hydroxyl groups is 1. The second kappa shape index (κ2) is 7.13. The summed E-state index contributed by atoms with van der Waals surface area (Å²) >= 11 is 6.65. The minimum Gasteiger partial charge on any atom is -0.506 e. The Kier molecular flexibility index (Phi) is 4.70. The summed E-state index contributed by atoms with van der Waals surface area (Å²) in [6, 6.07) is 18.1. The molecular formula is C20H13Br2N3O. The first-order chi connectivity index (χ1) is 12.6. The van der Waals surface area contributed by atoms with Crippen LogP contribution in [-0.4, -0.2) is 20.3 Å². The van der Waals surface area contributed by atoms with Crippen molar-refractivity contribution in [1.29, 1.82) is 0 Å². The Bertz CT molecular complexity index is 1070. The monoisotopic (exact) mass is 469 g/mol. The van der Waals surface area contributed by atoms with E-state index < -0.39 is 0 Å². The summed E-state index contributed by atoms with van der Waals surface area (Å²) in [5.74, 6) is 0.823. The molecule has 4 rings (SSSR count). The average molecular weight is 471 g/mol. The van der Waals surface area contributed by atoms with E-state index in [0.717, 1.165) is 5.56 Å². The molecule has 0 spiro atoms. The Morgan fingerprint density at radius 2 is 1.62 bits per heavy atom. The summed E-state index contributed by atoms with van der Waals surface area (Å²) < 4.78 is 1.17. The van der Waals surface area contributed by atoms with Gasteiger partial charge in [0, 0.05) is 12.0 Å². The van der Waals surface area contributed by atoms with E-state index in [1.807, 2.05) is 18.2 Å². The lowest BCUT2D eigenvalue weighted by molar-refractivity contribution is 0.468. The predicted octanol–water partition coefficient (Wildman–Crippen LogP) is 5.51. The molecule has 1 heterocycles. The van der Waals surface area contributed by atoms with Crippen molar-refractivity contribution in [3.8, 4) is 17.0 Å². The third-order valence-electron chi connectivity index (χ3n) is 4.15. The van der Waals surface area contributed by atoms with Gasteiger partial charge in [-0.15, -0.1) is 10.2 Å². The number of hydrogen-bond acceptors (Lipinski definition) is 4. The fourth-order valence-electron chi connectivity index (χ4n) is 2.84. The van der Waals surface area contributed by atoms with Crippen molar-refractivity contribution >= 4 is 42.6 Å². The minimum absolute atomic E-state index is 0.155. The SMILES string of the molecule is Oc1c(Br)cc(-c2cnc(Cc3cccc4ccccc34)nn2)cc1Br. The van der Waals surface area contributed by atoms with Gasteiger partial charge in [0.15, 0.2) is 5.82 Å². The largest absolute Gasteiger partial charge is 0.506 e. The highest BCUT2D eigenvalue weighted by molar-refractivity contribution is 9.11. The van der Waals surface area contributed by atoms with E-state index in [2.05, 4.69) is 71.3 Å². The van der Waals surface area contributed by atoms with Crippen molar-refractivity contribution in [2.45, 2.75) is 6.42 Å². The highest BCUT2D eigenvalue weighted by Gasteiger charge is 2.10. The molecule has 0 atom stereocenters. The van der Waals surface area contributed by atoms with Crippen LogP contribution in [0.5, 0.6) is 5.75 Å². The van der Waals surface area contributed by atoms with Gasteiger partial charge in [0.1, 0.15) is 11.4 Å². The van der Waals surface area contributed by atoms with Crippen LogP contribution in [-0.2, 0) is 6.42 Å². The quantitative estimate of drug-likeness (QED) is 0.428. The number of benzene rings is 3. The van der Waals surface area contributed by atoms with Gasteiger partial charge in [-0.05, 0) is 60.3 Å². The van der Waals surface area contributed by atoms with Gasteiger partial charge in [-0.1, -0.05) is 42.5 Å². The first kappa shape index (κ1) is 17.1. The maximum Gasteiger partial charge on any atom is 0.155 e. The van der Waals surface area contributed by atoms with Gasteiger partial charge in [-0.2, -0.15) is 0 Å². The van der Waals surface area contributed by atoms with E-state index in [0.29, 0.717) is 26.9 Å². The lowest BCUT2D eigenvalue weighted by atomic mass is 10.0. The number of nitrogens with zero attached hydrogens (tertiary/aromatic N) is 3. The zero-order valence-electron chi connectivity index (χ0n) is 13.5. The van der Waals surface area contributed by atoms with Crippen molar-refractivity contribution in [2.24, 2.45) is 0 Å². The van der Waals surface area contributed by atoms with Crippen LogP contribution in [0.15, 0.2) is 69.7 Å². The first-order valence-corrected chi connectivity index (χ1v) is 9.54. The molecule has 0 aliphatic carbocycles. The van der Waals surface area contributed by atoms with E-state index in [1.54, 1.807) is 18.3 Å². The van der Waals surface area contributed by atoms with Crippen molar-refractivity contribution in [2.75, 3.05) is 0 Å². The number of halogens is 2. The predicted molar refractivity (Wildman–Crippen MR) is 109 cm³/mol. The maximum atomic E-state index is 9.83. The molecule has 0 unspecified atom stereocenters. The van der Waals surface area contributed by atoms with Crippen molar-refractivity contribution in [3.63, 3.8) is 0 Å². The molecule has 0 aliphatic heterocycles. The maximum absolute atomic E-state index is 9.83. The molecule has 0 amide bonds. The van der Waals surface area contributed by atoms with Crippen molar-refractivity contribution in [1.82, 2.24) is 15.2 Å². The molecule has 26 heavy (non-hydrogen) atoms. The molecular weight excluding hydrogens is 458 g/mol. The zero-order chi connectivity index (χ0) is 18.1. The van der Waals surface area contributed by atoms with Crippen LogP contribution < -0.4 is 0 Å². The topological polar surface area (TPSA) is 58.9 Å². The molecule has 3 aromatic carbocycles. The molecule has 128 valence electrons. The van der Waals surface area contributed by atoms with Gasteiger partial charge in [-0.3, -0.25) is 0 Å². The van der Waals surface area contributed by atoms with Gasteiger partial charge in [-0.25, -0.2) is 4.98 Å². The third kappa shape index (κ3) is 3.34. The Hall–Kier alpha value is -2.31. The molecule has 0 fully saturated rings. The van der Waals surface area contributed by atoms with Crippen LogP contribution in [0.3, 0.4) is 0 Å². The molecule has 1 aromatic heterocycles. The first-order valence-electron chi connectivity index (χ1n) is 7.95. The highest BCUT2D eigenvalue weighted by Crippen LogP contribution is 2.36. The molecule has 0 saturated heterocycles. The summed E-state index contributed by atoms with van der Waals surface area (Å²) in [5.41, 5.74) is 2.64. The molecule has 0 bridgehead atoms. The van der Waals surface area contributed by atoms with Gasteiger partial charge in [0.25, 0.3) is 0 Å². The van der Waals surface area contributed by atoms with Crippen LogP contribution in [0, 0.1) is 0 Å². The van der Waals surface area contributed by atoms with Gasteiger partial charge < -0.3 is 5.11 Å². The Morgan fingerprint density at radius 3 is 2.35 bits per heavy atom. The molecule has 1 N–H and O–H groups in total. The van der Waals surface area contributed by atoms with E-state index in [4.69, 9.17) is 0 Å². The van der Waals surface area contributed by atoms with Crippen LogP contribution in [0.4, 0.5) is 0 Å². The average Bonchev–Trinajstić information content (AvgIpc) is 2.67. The fraction of sp³-hybridized carbons (Fsp3) is 0.0500. The van der Waals surface area contributed by atoms with Gasteiger partial charge in [0.05, 0.1) is 15.1 Å². The summed E-state index contributed by atoms with van der Waals surface area (Å²) in [4.78, 5) is 4.47. The molecule has 6 heteroatoms. The van der Waals surface area contributed by atoms with Gasteiger partial charge in [0.2, 0.25) is 0 Å². The Balaban J connectivity index is 1.64. The van der Waals surface area contributed by atoms with E-state index >= 15 is 0 Å². The van der Waals surface area contributed by atoms with E-state index in [1.165, 1.54) is 16.3 Å². The molecule has 4 nitrogen and oxygen atoms in total. The zero-order valence-corrected chi connectivity index (χ0v) is 16.7. The Morgan fingerprint density at radius 1 is 0.885 bits per heavy atom. The number of phenolic OH excluding ortho intramolecular Hbond substituents is 1. The normalized spacial score (nSPS) is 11.0. The lowest BCUT2D eigenvalue weighted by Gasteiger charge is -2.07. The molecule has 4 aromatic rings. The van der Waals surface area contributed by atoms with Crippen LogP contribution in [0.1, 0.15) is 11.4 Å². The number of fused-ring (bicyclic) bond motifs is 1. The second-order valence-corrected chi connectivity index (χ2v) is 7.57. The standard InChI is InChI=1S/C20H13Br2N3O/c21-16-8-14(9-17(22)20(16)26)18-11-23-19(25-24-18)10-13-6-3-5-12-4-1-2-7-15(12)13/h1-9,11,26H,10H2. The van der Waals surface area contributed by atoms with Crippen LogP contribution in [0.25, 0.3) is 22.0 Å². The van der Waals surface area contributed by atoms with E-state index in [-0.39, 0.29) is 5.75 Å². The summed E-state index contributed by atoms with van der Waals surface area (Å²) in [6.45, 7) is 0. The molecule has 0 aliphatic rings. The minimum atomic E-state index is 0.155. The van der Waals surface area contributed by atoms with Crippen molar-refractivity contribution in [3.05, 3.63) is 81.1 Å². The molecule has 0 radical (unpaired) electrons. The van der Waals surface area contributed by atoms with Gasteiger partial charge >= 0.3 is 0 Å². The summed E-state index contributed by atoms with van der Waals surface area (Å²) in [6.07, 6.45) is 2.33. The number of hydrogen-bond donors (Lipinski definition) is 1. The van der Waals surface area contributed by atoms with Crippen molar-refractivity contribution < 1.29 is 5.11 Å². The fourth-order valence-corrected chi connectivity index (χ4v) is 4.03. The summed E-state index contributed by atoms with van der Waals surface area (Å²) in [5, 5.41) is 20.8. The van der Waals surface area contributed by atoms with Crippen LogP contribution in [0.2, 0.25) is 0 Å².